The zero-order valence-corrected chi connectivity index (χ0v) is 6.90. The minimum absolute atomic E-state index is 0.322. The normalized spacial score (nSPS) is 8.64. The van der Waals surface area contributed by atoms with Crippen molar-refractivity contribution < 1.29 is 9.67 Å². The highest BCUT2D eigenvalue weighted by Gasteiger charge is 1.74. The monoisotopic (exact) mass is 174 g/mol. The highest BCUT2D eigenvalue weighted by molar-refractivity contribution is 7.39. The van der Waals surface area contributed by atoms with Gasteiger partial charge in [0.2, 0.25) is 0 Å². The Morgan fingerprint density at radius 2 is 1.55 bits per heavy atom. The smallest absolute Gasteiger partial charge is 0.194 e. The van der Waals surface area contributed by atoms with E-state index < -0.39 is 8.10 Å². The van der Waals surface area contributed by atoms with E-state index >= 15 is 0 Å². The Labute approximate surface area is 65.7 Å². The number of phenolic OH excluding ortho intramolecular Hbond substituents is 1. The average molecular weight is 174 g/mol. The van der Waals surface area contributed by atoms with E-state index in [1.807, 2.05) is 6.07 Å². The summed E-state index contributed by atoms with van der Waals surface area (Å²) in [4.78, 5) is 0. The first kappa shape index (κ1) is 10.2. The molecule has 1 aromatic carbocycles. The van der Waals surface area contributed by atoms with E-state index in [2.05, 4.69) is 11.0 Å². The van der Waals surface area contributed by atoms with Crippen LogP contribution in [0.2, 0.25) is 0 Å². The van der Waals surface area contributed by atoms with Gasteiger partial charge in [-0.25, -0.2) is 0 Å². The second kappa shape index (κ2) is 5.92. The second-order valence-electron chi connectivity index (χ2n) is 1.74. The highest BCUT2D eigenvalue weighted by atomic mass is 31.1. The largest absolute Gasteiger partial charge is 0.508 e. The van der Waals surface area contributed by atoms with Crippen molar-refractivity contribution in [2.75, 3.05) is 0 Å². The van der Waals surface area contributed by atoms with Gasteiger partial charge in [0, 0.05) is 0 Å². The maximum Gasteiger partial charge on any atom is 0.194 e. The molecular weight excluding hydrogens is 163 g/mol. The van der Waals surface area contributed by atoms with Crippen molar-refractivity contribution in [3.8, 4) is 5.75 Å². The van der Waals surface area contributed by atoms with E-state index in [4.69, 9.17) is 5.11 Å². The molecule has 0 saturated heterocycles. The maximum absolute atomic E-state index is 9.19. The van der Waals surface area contributed by atoms with Crippen molar-refractivity contribution in [3.05, 3.63) is 30.3 Å². The van der Waals surface area contributed by atoms with Crippen molar-refractivity contribution in [1.82, 2.24) is 0 Å². The number of hydrogen-bond acceptors (Lipinski definition) is 2. The molecule has 11 heavy (non-hydrogen) atoms. The van der Waals surface area contributed by atoms with Gasteiger partial charge in [0.15, 0.2) is 8.10 Å². The van der Waals surface area contributed by atoms with E-state index in [-0.39, 0.29) is 0 Å². The Morgan fingerprint density at radius 3 is 1.73 bits per heavy atom. The van der Waals surface area contributed by atoms with Gasteiger partial charge in [-0.3, -0.25) is 15.6 Å². The van der Waals surface area contributed by atoms with Crippen LogP contribution in [-0.4, -0.2) is 5.11 Å². The lowest BCUT2D eigenvalue weighted by molar-refractivity contribution is 0.475. The first-order valence-corrected chi connectivity index (χ1v) is 4.48. The highest BCUT2D eigenvalue weighted by Crippen LogP contribution is 2.02. The number of phenols is 1. The summed E-state index contributed by atoms with van der Waals surface area (Å²) in [6.07, 6.45) is 0. The number of aromatic hydroxyl groups is 1. The van der Waals surface area contributed by atoms with Crippen molar-refractivity contribution >= 4 is 8.10 Å². The lowest BCUT2D eigenvalue weighted by atomic mass is 10.3. The Bertz CT molecular complexity index is 211. The van der Waals surface area contributed by atoms with Crippen molar-refractivity contribution in [3.63, 3.8) is 0 Å². The molecule has 0 amide bonds. The Hall–Kier alpha value is -0.830. The van der Waals surface area contributed by atoms with Crippen LogP contribution >= 0.6 is 8.10 Å². The van der Waals surface area contributed by atoms with E-state index in [1.165, 1.54) is 0 Å². The van der Waals surface area contributed by atoms with Gasteiger partial charge in [-0.2, -0.15) is 0 Å². The van der Waals surface area contributed by atoms with Gasteiger partial charge in [0.05, 0.1) is 0 Å². The molecule has 0 heterocycles. The molecule has 0 bridgehead atoms. The number of rotatable bonds is 0. The fraction of sp³-hybridized carbons (Fsp3) is 0. The van der Waals surface area contributed by atoms with Crippen LogP contribution in [0.25, 0.3) is 0 Å². The predicted molar refractivity (Wildman–Crippen MR) is 45.5 cm³/mol. The van der Waals surface area contributed by atoms with Crippen LogP contribution in [0.3, 0.4) is 0 Å². The third-order valence-electron chi connectivity index (χ3n) is 0.756. The molecule has 0 atom stereocenters. The molecule has 0 aliphatic heterocycles. The Morgan fingerprint density at radius 1 is 1.18 bits per heavy atom. The SMILES string of the molecule is N[PH](N)=O.Oc1ccccc1. The molecule has 0 radical (unpaired) electrons. The standard InChI is InChI=1S/C6H6O.H5N2OP/c7-6-4-2-1-3-5-6;1-4(2)3/h1-5,7H;4H,(H4,1,2,3). The number of nitrogens with two attached hydrogens (primary N) is 2. The molecular formula is C6H11N2O2P. The van der Waals surface area contributed by atoms with Crippen LogP contribution in [0.5, 0.6) is 5.75 Å². The Kier molecular flexibility index (Phi) is 5.47. The molecule has 1 aromatic rings. The van der Waals surface area contributed by atoms with E-state index in [9.17, 15) is 4.57 Å². The molecule has 0 unspecified atom stereocenters. The van der Waals surface area contributed by atoms with Crippen LogP contribution in [-0.2, 0) is 4.57 Å². The van der Waals surface area contributed by atoms with Crippen molar-refractivity contribution in [2.45, 2.75) is 0 Å². The summed E-state index contributed by atoms with van der Waals surface area (Å²) in [7, 11) is -2.13. The van der Waals surface area contributed by atoms with Gasteiger partial charge >= 0.3 is 0 Å². The fourth-order valence-corrected chi connectivity index (χ4v) is 0.428. The van der Waals surface area contributed by atoms with Crippen LogP contribution in [0.1, 0.15) is 0 Å². The van der Waals surface area contributed by atoms with Crippen molar-refractivity contribution in [1.29, 1.82) is 0 Å². The van der Waals surface area contributed by atoms with Gasteiger partial charge in [0.1, 0.15) is 5.75 Å². The van der Waals surface area contributed by atoms with Crippen LogP contribution in [0.4, 0.5) is 0 Å². The molecule has 1 rings (SSSR count). The lowest BCUT2D eigenvalue weighted by Gasteiger charge is -1.82. The third kappa shape index (κ3) is 9.17. The molecule has 0 spiro atoms. The zero-order valence-electron chi connectivity index (χ0n) is 5.90. The van der Waals surface area contributed by atoms with Gasteiger partial charge in [0.25, 0.3) is 0 Å². The molecule has 0 aromatic heterocycles. The summed E-state index contributed by atoms with van der Waals surface area (Å²) in [5.74, 6) is 0.322. The lowest BCUT2D eigenvalue weighted by Crippen LogP contribution is -1.84. The molecule has 4 nitrogen and oxygen atoms in total. The first-order valence-electron chi connectivity index (χ1n) is 2.92. The summed E-state index contributed by atoms with van der Waals surface area (Å²) in [5, 5.41) is 8.63. The molecule has 62 valence electrons. The Balaban J connectivity index is 0.000000218. The number of hydrogen-bond donors (Lipinski definition) is 3. The van der Waals surface area contributed by atoms with Crippen LogP contribution in [0, 0.1) is 0 Å². The minimum atomic E-state index is -2.13. The molecule has 0 aliphatic carbocycles. The topological polar surface area (TPSA) is 89.3 Å². The summed E-state index contributed by atoms with van der Waals surface area (Å²) in [6.45, 7) is 0. The zero-order chi connectivity index (χ0) is 8.69. The number of para-hydroxylation sites is 1. The average Bonchev–Trinajstić information content (AvgIpc) is 1.87. The third-order valence-corrected chi connectivity index (χ3v) is 0.756. The van der Waals surface area contributed by atoms with Crippen molar-refractivity contribution in [2.24, 2.45) is 11.0 Å². The maximum atomic E-state index is 9.19. The van der Waals surface area contributed by atoms with Crippen LogP contribution < -0.4 is 11.0 Å². The molecule has 0 fully saturated rings. The second-order valence-corrected chi connectivity index (χ2v) is 2.54. The van der Waals surface area contributed by atoms with Crippen LogP contribution in [0.15, 0.2) is 30.3 Å². The summed E-state index contributed by atoms with van der Waals surface area (Å²) in [5.41, 5.74) is 8.87. The van der Waals surface area contributed by atoms with E-state index in [0.29, 0.717) is 5.75 Å². The molecule has 0 saturated carbocycles. The van der Waals surface area contributed by atoms with E-state index in [0.717, 1.165) is 0 Å². The summed E-state index contributed by atoms with van der Waals surface area (Å²) < 4.78 is 9.19. The molecule has 5 N–H and O–H groups in total. The summed E-state index contributed by atoms with van der Waals surface area (Å²) >= 11 is 0. The van der Waals surface area contributed by atoms with Gasteiger partial charge in [-0.1, -0.05) is 18.2 Å². The molecule has 0 aliphatic rings. The number of benzene rings is 1. The van der Waals surface area contributed by atoms with Gasteiger partial charge in [-0.15, -0.1) is 0 Å². The predicted octanol–water partition coefficient (Wildman–Crippen LogP) is 0.686. The first-order chi connectivity index (χ1) is 5.13. The quantitative estimate of drug-likeness (QED) is 0.504. The summed E-state index contributed by atoms with van der Waals surface area (Å²) in [6, 6.07) is 8.71. The molecule has 5 heteroatoms. The van der Waals surface area contributed by atoms with E-state index in [1.54, 1.807) is 24.3 Å². The fourth-order valence-electron chi connectivity index (χ4n) is 0.428. The minimum Gasteiger partial charge on any atom is -0.508 e. The van der Waals surface area contributed by atoms with Gasteiger partial charge in [-0.05, 0) is 12.1 Å². The van der Waals surface area contributed by atoms with Gasteiger partial charge < -0.3 is 5.11 Å².